The predicted octanol–water partition coefficient (Wildman–Crippen LogP) is 4.03. The SMILES string of the molecule is CC1CCN(c2ccc(CCl)c(Br)c2)C1. The lowest BCUT2D eigenvalue weighted by Gasteiger charge is -2.19. The molecule has 1 nitrogen and oxygen atoms in total. The van der Waals surface area contributed by atoms with E-state index in [1.165, 1.54) is 25.2 Å². The van der Waals surface area contributed by atoms with Crippen LogP contribution in [0.2, 0.25) is 0 Å². The van der Waals surface area contributed by atoms with E-state index < -0.39 is 0 Å². The fourth-order valence-corrected chi connectivity index (χ4v) is 2.91. The summed E-state index contributed by atoms with van der Waals surface area (Å²) in [6.45, 7) is 4.66. The van der Waals surface area contributed by atoms with Crippen molar-refractivity contribution in [3.05, 3.63) is 28.2 Å². The van der Waals surface area contributed by atoms with E-state index >= 15 is 0 Å². The first-order valence-electron chi connectivity index (χ1n) is 5.30. The Hall–Kier alpha value is -0.210. The Labute approximate surface area is 105 Å². The van der Waals surface area contributed by atoms with E-state index in [2.05, 4.69) is 46.0 Å². The van der Waals surface area contributed by atoms with Crippen LogP contribution in [-0.4, -0.2) is 13.1 Å². The summed E-state index contributed by atoms with van der Waals surface area (Å²) in [4.78, 5) is 2.44. The van der Waals surface area contributed by atoms with Gasteiger partial charge in [-0.05, 0) is 30.0 Å². The first kappa shape index (κ1) is 11.3. The second-order valence-electron chi connectivity index (χ2n) is 4.25. The molecule has 1 aromatic rings. The molecule has 1 saturated heterocycles. The van der Waals surface area contributed by atoms with Crippen molar-refractivity contribution in [3.8, 4) is 0 Å². The number of benzene rings is 1. The van der Waals surface area contributed by atoms with Gasteiger partial charge in [0.2, 0.25) is 0 Å². The highest BCUT2D eigenvalue weighted by molar-refractivity contribution is 9.10. The van der Waals surface area contributed by atoms with Gasteiger partial charge in [0.25, 0.3) is 0 Å². The summed E-state index contributed by atoms with van der Waals surface area (Å²) in [5.41, 5.74) is 2.47. The highest BCUT2D eigenvalue weighted by Crippen LogP contribution is 2.28. The number of rotatable bonds is 2. The minimum absolute atomic E-state index is 0.567. The summed E-state index contributed by atoms with van der Waals surface area (Å²) in [5, 5.41) is 0. The normalized spacial score (nSPS) is 21.0. The van der Waals surface area contributed by atoms with Crippen molar-refractivity contribution < 1.29 is 0 Å². The molecule has 1 fully saturated rings. The topological polar surface area (TPSA) is 3.24 Å². The maximum atomic E-state index is 5.82. The van der Waals surface area contributed by atoms with Gasteiger partial charge < -0.3 is 4.90 Å². The van der Waals surface area contributed by atoms with Crippen LogP contribution in [0.15, 0.2) is 22.7 Å². The summed E-state index contributed by atoms with van der Waals surface area (Å²) < 4.78 is 1.12. The molecule has 0 aliphatic carbocycles. The zero-order chi connectivity index (χ0) is 10.8. The van der Waals surface area contributed by atoms with Crippen LogP contribution < -0.4 is 4.90 Å². The number of anilines is 1. The van der Waals surface area contributed by atoms with E-state index in [-0.39, 0.29) is 0 Å². The van der Waals surface area contributed by atoms with Gasteiger partial charge in [-0.25, -0.2) is 0 Å². The molecule has 15 heavy (non-hydrogen) atoms. The van der Waals surface area contributed by atoms with Crippen molar-refractivity contribution in [1.29, 1.82) is 0 Å². The van der Waals surface area contributed by atoms with Crippen LogP contribution in [0.25, 0.3) is 0 Å². The molecule has 0 spiro atoms. The van der Waals surface area contributed by atoms with Crippen molar-refractivity contribution in [1.82, 2.24) is 0 Å². The van der Waals surface area contributed by atoms with E-state index in [0.717, 1.165) is 16.0 Å². The number of hydrogen-bond donors (Lipinski definition) is 0. The van der Waals surface area contributed by atoms with Crippen LogP contribution in [-0.2, 0) is 5.88 Å². The van der Waals surface area contributed by atoms with Crippen LogP contribution in [0.4, 0.5) is 5.69 Å². The molecule has 1 aliphatic heterocycles. The fraction of sp³-hybridized carbons (Fsp3) is 0.500. The van der Waals surface area contributed by atoms with E-state index in [9.17, 15) is 0 Å². The summed E-state index contributed by atoms with van der Waals surface area (Å²) >= 11 is 9.38. The van der Waals surface area contributed by atoms with Gasteiger partial charge in [-0.15, -0.1) is 11.6 Å². The fourth-order valence-electron chi connectivity index (χ4n) is 2.01. The minimum Gasteiger partial charge on any atom is -0.371 e. The van der Waals surface area contributed by atoms with Crippen molar-refractivity contribution >= 4 is 33.2 Å². The third kappa shape index (κ3) is 2.48. The van der Waals surface area contributed by atoms with Gasteiger partial charge in [-0.3, -0.25) is 0 Å². The van der Waals surface area contributed by atoms with Crippen LogP contribution in [0.1, 0.15) is 18.9 Å². The van der Waals surface area contributed by atoms with Gasteiger partial charge in [0.15, 0.2) is 0 Å². The molecule has 0 bridgehead atoms. The monoisotopic (exact) mass is 287 g/mol. The van der Waals surface area contributed by atoms with Gasteiger partial charge in [-0.2, -0.15) is 0 Å². The highest BCUT2D eigenvalue weighted by Gasteiger charge is 2.19. The molecule has 1 heterocycles. The molecule has 0 saturated carbocycles. The molecule has 1 aliphatic rings. The summed E-state index contributed by atoms with van der Waals surface area (Å²) in [7, 11) is 0. The lowest BCUT2D eigenvalue weighted by Crippen LogP contribution is -2.18. The smallest absolute Gasteiger partial charge is 0.0485 e. The summed E-state index contributed by atoms with van der Waals surface area (Å²) in [6.07, 6.45) is 1.30. The molecule has 0 N–H and O–H groups in total. The highest BCUT2D eigenvalue weighted by atomic mass is 79.9. The number of halogens is 2. The first-order chi connectivity index (χ1) is 7.20. The molecule has 82 valence electrons. The maximum Gasteiger partial charge on any atom is 0.0485 e. The third-order valence-electron chi connectivity index (χ3n) is 2.97. The Morgan fingerprint density at radius 3 is 2.87 bits per heavy atom. The van der Waals surface area contributed by atoms with E-state index in [4.69, 9.17) is 11.6 Å². The Balaban J connectivity index is 2.19. The van der Waals surface area contributed by atoms with Crippen LogP contribution in [0.3, 0.4) is 0 Å². The molecule has 0 amide bonds. The van der Waals surface area contributed by atoms with Crippen molar-refractivity contribution in [2.24, 2.45) is 5.92 Å². The molecule has 1 unspecified atom stereocenters. The summed E-state index contributed by atoms with van der Waals surface area (Å²) in [6, 6.07) is 6.45. The molecule has 0 radical (unpaired) electrons. The van der Waals surface area contributed by atoms with Gasteiger partial charge in [-0.1, -0.05) is 28.9 Å². The summed E-state index contributed by atoms with van der Waals surface area (Å²) in [5.74, 6) is 1.38. The predicted molar refractivity (Wildman–Crippen MR) is 69.7 cm³/mol. The number of hydrogen-bond acceptors (Lipinski definition) is 1. The van der Waals surface area contributed by atoms with Crippen molar-refractivity contribution in [3.63, 3.8) is 0 Å². The second kappa shape index (κ2) is 4.75. The molecular formula is C12H15BrClN. The average Bonchev–Trinajstić information content (AvgIpc) is 2.65. The lowest BCUT2D eigenvalue weighted by atomic mass is 10.2. The Morgan fingerprint density at radius 1 is 1.53 bits per heavy atom. The Kier molecular flexibility index (Phi) is 3.57. The average molecular weight is 289 g/mol. The Morgan fingerprint density at radius 2 is 2.33 bits per heavy atom. The van der Waals surface area contributed by atoms with Crippen molar-refractivity contribution in [2.75, 3.05) is 18.0 Å². The van der Waals surface area contributed by atoms with Crippen LogP contribution >= 0.6 is 27.5 Å². The Bertz CT molecular complexity index is 353. The van der Waals surface area contributed by atoms with Gasteiger partial charge >= 0.3 is 0 Å². The van der Waals surface area contributed by atoms with Crippen molar-refractivity contribution in [2.45, 2.75) is 19.2 Å². The van der Waals surface area contributed by atoms with E-state index in [1.54, 1.807) is 0 Å². The van der Waals surface area contributed by atoms with Gasteiger partial charge in [0.05, 0.1) is 0 Å². The quantitative estimate of drug-likeness (QED) is 0.743. The molecule has 0 aromatic heterocycles. The first-order valence-corrected chi connectivity index (χ1v) is 6.63. The molecular weight excluding hydrogens is 273 g/mol. The standard InChI is InChI=1S/C12H15BrClN/c1-9-4-5-15(8-9)11-3-2-10(7-14)12(13)6-11/h2-3,6,9H,4-5,7-8H2,1H3. The largest absolute Gasteiger partial charge is 0.371 e. The van der Waals surface area contributed by atoms with E-state index in [0.29, 0.717) is 5.88 Å². The molecule has 3 heteroatoms. The number of alkyl halides is 1. The lowest BCUT2D eigenvalue weighted by molar-refractivity contribution is 0.659. The zero-order valence-corrected chi connectivity index (χ0v) is 11.2. The minimum atomic E-state index is 0.567. The molecule has 1 aromatic carbocycles. The van der Waals surface area contributed by atoms with Gasteiger partial charge in [0, 0.05) is 29.1 Å². The zero-order valence-electron chi connectivity index (χ0n) is 8.84. The van der Waals surface area contributed by atoms with Crippen LogP contribution in [0.5, 0.6) is 0 Å². The van der Waals surface area contributed by atoms with Crippen LogP contribution in [0, 0.1) is 5.92 Å². The number of nitrogens with zero attached hydrogens (tertiary/aromatic N) is 1. The van der Waals surface area contributed by atoms with E-state index in [1.807, 2.05) is 0 Å². The van der Waals surface area contributed by atoms with Gasteiger partial charge in [0.1, 0.15) is 0 Å². The third-order valence-corrected chi connectivity index (χ3v) is 4.00. The molecule has 1 atom stereocenters. The molecule has 2 rings (SSSR count). The second-order valence-corrected chi connectivity index (χ2v) is 5.37. The maximum absolute atomic E-state index is 5.82.